The van der Waals surface area contributed by atoms with E-state index in [1.54, 1.807) is 10.6 Å². The van der Waals surface area contributed by atoms with E-state index in [0.717, 1.165) is 29.9 Å². The van der Waals surface area contributed by atoms with Crippen LogP contribution in [0.5, 0.6) is 5.75 Å². The molecule has 2 aromatic carbocycles. The summed E-state index contributed by atoms with van der Waals surface area (Å²) in [5.41, 5.74) is 3.35. The summed E-state index contributed by atoms with van der Waals surface area (Å²) in [6.45, 7) is 7.01. The van der Waals surface area contributed by atoms with E-state index in [-0.39, 0.29) is 17.4 Å². The number of phenolic OH excluding ortho intramolecular Hbond substituents is 1. The van der Waals surface area contributed by atoms with Crippen LogP contribution in [0.15, 0.2) is 41.6 Å². The third-order valence-corrected chi connectivity index (χ3v) is 5.14. The lowest BCUT2D eigenvalue weighted by atomic mass is 9.97. The second kappa shape index (κ2) is 8.57. The fourth-order valence-corrected chi connectivity index (χ4v) is 3.60. The van der Waals surface area contributed by atoms with Gasteiger partial charge in [-0.3, -0.25) is 9.67 Å². The molecule has 0 bridgehead atoms. The van der Waals surface area contributed by atoms with Crippen LogP contribution < -0.4 is 4.90 Å². The Morgan fingerprint density at radius 3 is 2.72 bits per heavy atom. The molecule has 3 aromatic rings. The van der Waals surface area contributed by atoms with Gasteiger partial charge in [0.2, 0.25) is 0 Å². The average Bonchev–Trinajstić information content (AvgIpc) is 3.08. The van der Waals surface area contributed by atoms with E-state index < -0.39 is 0 Å². The number of rotatable bonds is 7. The van der Waals surface area contributed by atoms with Gasteiger partial charge in [-0.25, -0.2) is 0 Å². The molecule has 0 unspecified atom stereocenters. The molecule has 8 heteroatoms. The van der Waals surface area contributed by atoms with Crippen LogP contribution in [0, 0.1) is 9.68 Å². The number of hydrogen-bond acceptors (Lipinski definition) is 6. The van der Waals surface area contributed by atoms with Crippen molar-refractivity contribution in [2.24, 2.45) is 5.18 Å². The zero-order valence-electron chi connectivity index (χ0n) is 17.0. The number of aromatic amines is 1. The molecule has 29 heavy (non-hydrogen) atoms. The third kappa shape index (κ3) is 4.07. The maximum absolute atomic E-state index is 11.2. The van der Waals surface area contributed by atoms with Crippen LogP contribution in [0.25, 0.3) is 17.1 Å². The molecule has 1 aromatic heterocycles. The van der Waals surface area contributed by atoms with Gasteiger partial charge in [0, 0.05) is 25.3 Å². The predicted octanol–water partition coefficient (Wildman–Crippen LogP) is 5.67. The number of benzene rings is 2. The monoisotopic (exact) mass is 411 g/mol. The lowest BCUT2D eigenvalue weighted by Gasteiger charge is -2.19. The Balaban J connectivity index is 2.18. The number of nitroso groups, excluding NO2 is 1. The molecule has 1 heterocycles. The average molecular weight is 412 g/mol. The summed E-state index contributed by atoms with van der Waals surface area (Å²) in [6.07, 6.45) is 1.04. The molecule has 0 radical (unpaired) electrons. The number of aromatic nitrogens is 3. The fraction of sp³-hybridized carbons (Fsp3) is 0.333. The molecule has 0 saturated heterocycles. The highest BCUT2D eigenvalue weighted by Gasteiger charge is 2.19. The Labute approximate surface area is 175 Å². The quantitative estimate of drug-likeness (QED) is 0.386. The number of H-pyrrole nitrogens is 1. The van der Waals surface area contributed by atoms with E-state index >= 15 is 0 Å². The minimum absolute atomic E-state index is 0.0587. The first-order valence-corrected chi connectivity index (χ1v) is 9.97. The van der Waals surface area contributed by atoms with Crippen LogP contribution in [-0.4, -0.2) is 33.5 Å². The van der Waals surface area contributed by atoms with Crippen LogP contribution in [0.1, 0.15) is 38.7 Å². The van der Waals surface area contributed by atoms with Crippen LogP contribution in [0.3, 0.4) is 0 Å². The molecule has 0 aliphatic rings. The van der Waals surface area contributed by atoms with Gasteiger partial charge >= 0.3 is 0 Å². The normalized spacial score (nSPS) is 11.1. The number of anilines is 1. The van der Waals surface area contributed by atoms with E-state index in [0.29, 0.717) is 16.2 Å². The molecule has 0 fully saturated rings. The molecular weight excluding hydrogens is 386 g/mol. The van der Waals surface area contributed by atoms with Crippen LogP contribution in [0.4, 0.5) is 11.4 Å². The van der Waals surface area contributed by atoms with E-state index in [9.17, 15) is 10.0 Å². The largest absolute Gasteiger partial charge is 0.507 e. The Morgan fingerprint density at radius 2 is 2.07 bits per heavy atom. The fourth-order valence-electron chi connectivity index (χ4n) is 3.37. The Morgan fingerprint density at radius 1 is 1.31 bits per heavy atom. The van der Waals surface area contributed by atoms with Gasteiger partial charge in [0.05, 0.1) is 11.3 Å². The molecular formula is C21H25N5O2S. The molecule has 3 rings (SSSR count). The van der Waals surface area contributed by atoms with Gasteiger partial charge in [0.1, 0.15) is 11.4 Å². The molecule has 0 aliphatic carbocycles. The summed E-state index contributed by atoms with van der Waals surface area (Å²) in [5.74, 6) is 0.462. The second-order valence-electron chi connectivity index (χ2n) is 7.30. The van der Waals surface area contributed by atoms with Crippen molar-refractivity contribution in [3.8, 4) is 22.8 Å². The first kappa shape index (κ1) is 20.7. The van der Waals surface area contributed by atoms with Crippen molar-refractivity contribution >= 4 is 23.6 Å². The van der Waals surface area contributed by atoms with Gasteiger partial charge in [-0.1, -0.05) is 26.8 Å². The number of hydrogen-bond donors (Lipinski definition) is 2. The van der Waals surface area contributed by atoms with Crippen molar-refractivity contribution in [1.29, 1.82) is 0 Å². The standard InChI is InChI=1S/C21H25N5O2S/c1-5-9-25(4)14-7-6-8-15(10-14)26-20(22-23-21(26)29)17-11-16(13(2)3)18(24-28)12-19(17)27/h6-8,10-13,27H,5,9H2,1-4H3,(H,23,29). The first-order chi connectivity index (χ1) is 13.9. The van der Waals surface area contributed by atoms with Gasteiger partial charge in [-0.05, 0) is 59.6 Å². The molecule has 0 saturated carbocycles. The summed E-state index contributed by atoms with van der Waals surface area (Å²) in [7, 11) is 2.05. The maximum atomic E-state index is 11.2. The van der Waals surface area contributed by atoms with Crippen LogP contribution >= 0.6 is 12.2 Å². The molecule has 0 amide bonds. The maximum Gasteiger partial charge on any atom is 0.200 e. The summed E-state index contributed by atoms with van der Waals surface area (Å²) in [4.78, 5) is 13.3. The minimum Gasteiger partial charge on any atom is -0.507 e. The summed E-state index contributed by atoms with van der Waals surface area (Å²) < 4.78 is 2.20. The van der Waals surface area contributed by atoms with Crippen molar-refractivity contribution in [3.63, 3.8) is 0 Å². The van der Waals surface area contributed by atoms with Crippen LogP contribution in [0.2, 0.25) is 0 Å². The van der Waals surface area contributed by atoms with Gasteiger partial charge in [0.15, 0.2) is 10.6 Å². The van der Waals surface area contributed by atoms with Gasteiger partial charge in [0.25, 0.3) is 0 Å². The summed E-state index contributed by atoms with van der Waals surface area (Å²) >= 11 is 5.47. The van der Waals surface area contributed by atoms with E-state index in [1.165, 1.54) is 6.07 Å². The molecule has 0 spiro atoms. The number of aromatic hydroxyl groups is 1. The SMILES string of the molecule is CCCN(C)c1cccc(-n2c(-c3cc(C(C)C)c(N=O)cc3O)n[nH]c2=S)c1. The Hall–Kier alpha value is -3.00. The van der Waals surface area contributed by atoms with E-state index in [2.05, 4.69) is 27.2 Å². The Kier molecular flexibility index (Phi) is 6.12. The number of phenols is 1. The Bertz CT molecular complexity index is 1090. The molecule has 2 N–H and O–H groups in total. The van der Waals surface area contributed by atoms with Crippen molar-refractivity contribution in [1.82, 2.24) is 14.8 Å². The summed E-state index contributed by atoms with van der Waals surface area (Å²) in [5, 5.41) is 20.8. The topological polar surface area (TPSA) is 86.5 Å². The van der Waals surface area contributed by atoms with E-state index in [1.807, 2.05) is 45.2 Å². The highest BCUT2D eigenvalue weighted by molar-refractivity contribution is 7.71. The van der Waals surface area contributed by atoms with Crippen molar-refractivity contribution in [3.05, 3.63) is 51.6 Å². The molecule has 0 atom stereocenters. The highest BCUT2D eigenvalue weighted by atomic mass is 32.1. The molecule has 7 nitrogen and oxygen atoms in total. The number of nitrogens with zero attached hydrogens (tertiary/aromatic N) is 4. The van der Waals surface area contributed by atoms with Gasteiger partial charge in [-0.2, -0.15) is 5.10 Å². The molecule has 152 valence electrons. The van der Waals surface area contributed by atoms with Gasteiger partial charge < -0.3 is 10.0 Å². The first-order valence-electron chi connectivity index (χ1n) is 9.57. The van der Waals surface area contributed by atoms with Crippen LogP contribution in [-0.2, 0) is 0 Å². The van der Waals surface area contributed by atoms with E-state index in [4.69, 9.17) is 12.2 Å². The van der Waals surface area contributed by atoms with Crippen molar-refractivity contribution in [2.75, 3.05) is 18.5 Å². The van der Waals surface area contributed by atoms with Gasteiger partial charge in [-0.15, -0.1) is 4.91 Å². The summed E-state index contributed by atoms with van der Waals surface area (Å²) in [6, 6.07) is 11.1. The minimum atomic E-state index is -0.0708. The predicted molar refractivity (Wildman–Crippen MR) is 119 cm³/mol. The van der Waals surface area contributed by atoms with Crippen molar-refractivity contribution < 1.29 is 5.11 Å². The second-order valence-corrected chi connectivity index (χ2v) is 7.69. The zero-order valence-corrected chi connectivity index (χ0v) is 17.8. The lowest BCUT2D eigenvalue weighted by Crippen LogP contribution is -2.17. The third-order valence-electron chi connectivity index (χ3n) is 4.87. The van der Waals surface area contributed by atoms with Crippen molar-refractivity contribution in [2.45, 2.75) is 33.1 Å². The highest BCUT2D eigenvalue weighted by Crippen LogP contribution is 2.38. The lowest BCUT2D eigenvalue weighted by molar-refractivity contribution is 0.476. The molecule has 0 aliphatic heterocycles. The smallest absolute Gasteiger partial charge is 0.200 e. The zero-order chi connectivity index (χ0) is 21.1. The number of nitrogens with one attached hydrogen (secondary N) is 1.